The number of rotatable bonds is 4. The fourth-order valence-electron chi connectivity index (χ4n) is 2.51. The third-order valence-corrected chi connectivity index (χ3v) is 3.70. The molecule has 2 aromatic rings. The predicted molar refractivity (Wildman–Crippen MR) is 88.3 cm³/mol. The summed E-state index contributed by atoms with van der Waals surface area (Å²) in [6.07, 6.45) is 0. The molecule has 1 aliphatic rings. The Labute approximate surface area is 134 Å². The van der Waals surface area contributed by atoms with Crippen molar-refractivity contribution in [3.8, 4) is 0 Å². The van der Waals surface area contributed by atoms with Crippen LogP contribution in [-0.4, -0.2) is 25.0 Å². The number of carbonyl (C=O) groups excluding carboxylic acids is 2. The van der Waals surface area contributed by atoms with Crippen molar-refractivity contribution in [3.05, 3.63) is 59.7 Å². The Kier molecular flexibility index (Phi) is 4.28. The SMILES string of the molecule is Cc1ccc2c(c1)NCC(=O)N2CC(=O)OCc1ccccc1. The van der Waals surface area contributed by atoms with Crippen molar-refractivity contribution >= 4 is 23.3 Å². The van der Waals surface area contributed by atoms with Gasteiger partial charge in [0.05, 0.1) is 17.9 Å². The Morgan fingerprint density at radius 1 is 1.22 bits per heavy atom. The zero-order valence-corrected chi connectivity index (χ0v) is 12.9. The van der Waals surface area contributed by atoms with Crippen LogP contribution in [0.1, 0.15) is 11.1 Å². The second-order valence-electron chi connectivity index (χ2n) is 5.50. The minimum Gasteiger partial charge on any atom is -0.459 e. The second kappa shape index (κ2) is 6.52. The van der Waals surface area contributed by atoms with E-state index in [4.69, 9.17) is 4.74 Å². The number of anilines is 2. The molecule has 0 atom stereocenters. The third kappa shape index (κ3) is 3.51. The van der Waals surface area contributed by atoms with Gasteiger partial charge in [0.25, 0.3) is 0 Å². The molecule has 3 rings (SSSR count). The van der Waals surface area contributed by atoms with Gasteiger partial charge in [-0.3, -0.25) is 14.5 Å². The number of hydrogen-bond donors (Lipinski definition) is 1. The molecule has 5 nitrogen and oxygen atoms in total. The molecule has 1 N–H and O–H groups in total. The van der Waals surface area contributed by atoms with Gasteiger partial charge in [0.1, 0.15) is 13.2 Å². The maximum atomic E-state index is 12.1. The molecule has 0 bridgehead atoms. The molecule has 0 fully saturated rings. The van der Waals surface area contributed by atoms with Gasteiger partial charge < -0.3 is 10.1 Å². The van der Waals surface area contributed by atoms with E-state index in [1.54, 1.807) is 0 Å². The highest BCUT2D eigenvalue weighted by Gasteiger charge is 2.26. The van der Waals surface area contributed by atoms with Gasteiger partial charge in [-0.05, 0) is 30.2 Å². The van der Waals surface area contributed by atoms with E-state index >= 15 is 0 Å². The monoisotopic (exact) mass is 310 g/mol. The fourth-order valence-corrected chi connectivity index (χ4v) is 2.51. The molecule has 1 heterocycles. The quantitative estimate of drug-likeness (QED) is 0.882. The van der Waals surface area contributed by atoms with E-state index in [9.17, 15) is 9.59 Å². The predicted octanol–water partition coefficient (Wildman–Crippen LogP) is 2.50. The zero-order valence-electron chi connectivity index (χ0n) is 12.9. The Balaban J connectivity index is 1.67. The Morgan fingerprint density at radius 2 is 2.00 bits per heavy atom. The molecular weight excluding hydrogens is 292 g/mol. The van der Waals surface area contributed by atoms with Crippen LogP contribution in [0.3, 0.4) is 0 Å². The number of amides is 1. The Bertz CT molecular complexity index is 728. The molecule has 0 saturated heterocycles. The third-order valence-electron chi connectivity index (χ3n) is 3.70. The van der Waals surface area contributed by atoms with Crippen LogP contribution in [0.5, 0.6) is 0 Å². The summed E-state index contributed by atoms with van der Waals surface area (Å²) in [6.45, 7) is 2.30. The summed E-state index contributed by atoms with van der Waals surface area (Å²) < 4.78 is 5.26. The van der Waals surface area contributed by atoms with Gasteiger partial charge in [0.15, 0.2) is 0 Å². The zero-order chi connectivity index (χ0) is 16.2. The summed E-state index contributed by atoms with van der Waals surface area (Å²) >= 11 is 0. The van der Waals surface area contributed by atoms with Crippen molar-refractivity contribution in [2.24, 2.45) is 0 Å². The number of aryl methyl sites for hydroxylation is 1. The van der Waals surface area contributed by atoms with E-state index in [2.05, 4.69) is 5.32 Å². The van der Waals surface area contributed by atoms with Crippen LogP contribution in [-0.2, 0) is 20.9 Å². The normalized spacial score (nSPS) is 13.3. The lowest BCUT2D eigenvalue weighted by Gasteiger charge is -2.29. The van der Waals surface area contributed by atoms with Crippen molar-refractivity contribution in [3.63, 3.8) is 0 Å². The number of carbonyl (C=O) groups is 2. The van der Waals surface area contributed by atoms with Crippen molar-refractivity contribution in [2.45, 2.75) is 13.5 Å². The highest BCUT2D eigenvalue weighted by atomic mass is 16.5. The number of esters is 1. The van der Waals surface area contributed by atoms with Crippen LogP contribution in [0.15, 0.2) is 48.5 Å². The van der Waals surface area contributed by atoms with Crippen molar-refractivity contribution in [1.29, 1.82) is 0 Å². The maximum Gasteiger partial charge on any atom is 0.326 e. The van der Waals surface area contributed by atoms with Crippen LogP contribution < -0.4 is 10.2 Å². The molecule has 0 radical (unpaired) electrons. The summed E-state index contributed by atoms with van der Waals surface area (Å²) in [5.41, 5.74) is 3.59. The van der Waals surface area contributed by atoms with Gasteiger partial charge in [-0.1, -0.05) is 36.4 Å². The van der Waals surface area contributed by atoms with Gasteiger partial charge in [0, 0.05) is 0 Å². The second-order valence-corrected chi connectivity index (χ2v) is 5.50. The van der Waals surface area contributed by atoms with Gasteiger partial charge in [-0.25, -0.2) is 0 Å². The fraction of sp³-hybridized carbons (Fsp3) is 0.222. The number of nitrogens with zero attached hydrogens (tertiary/aromatic N) is 1. The largest absolute Gasteiger partial charge is 0.459 e. The molecule has 1 aliphatic heterocycles. The minimum absolute atomic E-state index is 0.0800. The number of hydrogen-bond acceptors (Lipinski definition) is 4. The Hall–Kier alpha value is -2.82. The highest BCUT2D eigenvalue weighted by molar-refractivity contribution is 6.05. The first kappa shape index (κ1) is 15.1. The molecule has 0 spiro atoms. The summed E-state index contributed by atoms with van der Waals surface area (Å²) in [5, 5.41) is 3.07. The van der Waals surface area contributed by atoms with Crippen LogP contribution in [0.25, 0.3) is 0 Å². The van der Waals surface area contributed by atoms with Crippen LogP contribution in [0.4, 0.5) is 11.4 Å². The molecule has 5 heteroatoms. The molecule has 0 saturated carbocycles. The first-order valence-electron chi connectivity index (χ1n) is 7.48. The average molecular weight is 310 g/mol. The number of fused-ring (bicyclic) bond motifs is 1. The van der Waals surface area contributed by atoms with E-state index < -0.39 is 5.97 Å². The van der Waals surface area contributed by atoms with Gasteiger partial charge in [-0.15, -0.1) is 0 Å². The average Bonchev–Trinajstić information content (AvgIpc) is 2.56. The van der Waals surface area contributed by atoms with Crippen LogP contribution >= 0.6 is 0 Å². The molecule has 0 aromatic heterocycles. The molecular formula is C18H18N2O3. The van der Waals surface area contributed by atoms with E-state index in [0.29, 0.717) is 5.69 Å². The first-order valence-corrected chi connectivity index (χ1v) is 7.48. The summed E-state index contributed by atoms with van der Waals surface area (Å²) in [5.74, 6) is -0.561. The highest BCUT2D eigenvalue weighted by Crippen LogP contribution is 2.30. The summed E-state index contributed by atoms with van der Waals surface area (Å²) in [7, 11) is 0. The number of benzene rings is 2. The topological polar surface area (TPSA) is 58.6 Å². The Morgan fingerprint density at radius 3 is 2.78 bits per heavy atom. The van der Waals surface area contributed by atoms with Crippen LogP contribution in [0, 0.1) is 6.92 Å². The van der Waals surface area contributed by atoms with Gasteiger partial charge >= 0.3 is 5.97 Å². The van der Waals surface area contributed by atoms with Crippen molar-refractivity contribution < 1.29 is 14.3 Å². The number of ether oxygens (including phenoxy) is 1. The van der Waals surface area contributed by atoms with Gasteiger partial charge in [-0.2, -0.15) is 0 Å². The lowest BCUT2D eigenvalue weighted by atomic mass is 10.1. The van der Waals surface area contributed by atoms with Crippen molar-refractivity contribution in [1.82, 2.24) is 0 Å². The first-order chi connectivity index (χ1) is 11.1. The van der Waals surface area contributed by atoms with E-state index in [0.717, 1.165) is 16.8 Å². The van der Waals surface area contributed by atoms with Crippen LogP contribution in [0.2, 0.25) is 0 Å². The summed E-state index contributed by atoms with van der Waals surface area (Å²) in [6, 6.07) is 15.2. The molecule has 0 unspecified atom stereocenters. The minimum atomic E-state index is -0.421. The smallest absolute Gasteiger partial charge is 0.326 e. The number of nitrogens with one attached hydrogen (secondary N) is 1. The van der Waals surface area contributed by atoms with E-state index in [-0.39, 0.29) is 25.6 Å². The van der Waals surface area contributed by atoms with E-state index in [1.807, 2.05) is 55.5 Å². The lowest BCUT2D eigenvalue weighted by Crippen LogP contribution is -2.43. The molecule has 2 aromatic carbocycles. The summed E-state index contributed by atoms with van der Waals surface area (Å²) in [4.78, 5) is 25.6. The van der Waals surface area contributed by atoms with Crippen molar-refractivity contribution in [2.75, 3.05) is 23.3 Å². The maximum absolute atomic E-state index is 12.1. The standard InChI is InChI=1S/C18H18N2O3/c1-13-7-8-16-15(9-13)19-10-17(21)20(16)11-18(22)23-12-14-5-3-2-4-6-14/h2-9,19H,10-12H2,1H3. The molecule has 1 amide bonds. The van der Waals surface area contributed by atoms with E-state index in [1.165, 1.54) is 4.90 Å². The van der Waals surface area contributed by atoms with Gasteiger partial charge in [0.2, 0.25) is 5.91 Å². The molecule has 0 aliphatic carbocycles. The molecule has 23 heavy (non-hydrogen) atoms. The molecule has 118 valence electrons. The lowest BCUT2D eigenvalue weighted by molar-refractivity contribution is -0.144.